The normalized spacial score (nSPS) is 21.3. The molecule has 2 aromatic heterocycles. The van der Waals surface area contributed by atoms with Gasteiger partial charge in [0.1, 0.15) is 11.5 Å². The second-order valence-electron chi connectivity index (χ2n) is 6.37. The maximum absolute atomic E-state index is 12.4. The Morgan fingerprint density at radius 1 is 1.43 bits per heavy atom. The van der Waals surface area contributed by atoms with Crippen LogP contribution in [-0.4, -0.2) is 31.7 Å². The number of aromatic amines is 2. The van der Waals surface area contributed by atoms with Gasteiger partial charge in [-0.3, -0.25) is 9.36 Å². The first-order valence-corrected chi connectivity index (χ1v) is 8.11. The molecule has 0 saturated heterocycles. The highest BCUT2D eigenvalue weighted by Gasteiger charge is 2.28. The molecule has 0 aromatic carbocycles. The Morgan fingerprint density at radius 3 is 2.87 bits per heavy atom. The predicted molar refractivity (Wildman–Crippen MR) is 86.3 cm³/mol. The molecule has 1 fully saturated rings. The van der Waals surface area contributed by atoms with Crippen molar-refractivity contribution in [2.45, 2.75) is 45.1 Å². The summed E-state index contributed by atoms with van der Waals surface area (Å²) in [4.78, 5) is 26.9. The zero-order valence-electron chi connectivity index (χ0n) is 13.6. The van der Waals surface area contributed by atoms with Gasteiger partial charge < -0.3 is 10.3 Å². The molecule has 2 heterocycles. The third kappa shape index (κ3) is 3.23. The second-order valence-corrected chi connectivity index (χ2v) is 6.37. The van der Waals surface area contributed by atoms with E-state index < -0.39 is 0 Å². The minimum Gasteiger partial charge on any atom is -0.357 e. The monoisotopic (exact) mass is 317 g/mol. The van der Waals surface area contributed by atoms with Crippen molar-refractivity contribution in [1.82, 2.24) is 25.1 Å². The molecule has 3 rings (SSSR count). The smallest absolute Gasteiger partial charge is 0.343 e. The molecule has 0 spiro atoms. The second kappa shape index (κ2) is 6.44. The van der Waals surface area contributed by atoms with Crippen LogP contribution in [0.25, 0.3) is 0 Å². The highest BCUT2D eigenvalue weighted by atomic mass is 16.2. The van der Waals surface area contributed by atoms with E-state index in [2.05, 4.69) is 20.5 Å². The summed E-state index contributed by atoms with van der Waals surface area (Å²) in [6, 6.07) is 2.01. The minimum atomic E-state index is -0.196. The van der Waals surface area contributed by atoms with E-state index >= 15 is 0 Å². The van der Waals surface area contributed by atoms with Gasteiger partial charge in [0.05, 0.1) is 0 Å². The molecule has 2 aromatic rings. The van der Waals surface area contributed by atoms with Crippen molar-refractivity contribution in [3.63, 3.8) is 0 Å². The maximum atomic E-state index is 12.4. The number of aryl methyl sites for hydroxylation is 1. The van der Waals surface area contributed by atoms with Crippen molar-refractivity contribution >= 4 is 5.91 Å². The van der Waals surface area contributed by atoms with Crippen LogP contribution in [0, 0.1) is 12.8 Å². The average molecular weight is 317 g/mol. The standard InChI is InChI=1S/C16H23N5O2/c1-10-7-8-17-14(10)15(22)18-12-6-4-3-5-11(12)9-13-19-20-16(23)21(13)2/h7-8,11-12,17H,3-6,9H2,1-2H3,(H,18,22)(H,20,23)/t11-,12-/m1/s1. The van der Waals surface area contributed by atoms with E-state index in [1.165, 1.54) is 0 Å². The van der Waals surface area contributed by atoms with Crippen LogP contribution in [0.1, 0.15) is 47.6 Å². The summed E-state index contributed by atoms with van der Waals surface area (Å²) in [6.45, 7) is 1.92. The molecular formula is C16H23N5O2. The van der Waals surface area contributed by atoms with Gasteiger partial charge in [0.2, 0.25) is 0 Å². The molecule has 0 unspecified atom stereocenters. The summed E-state index contributed by atoms with van der Waals surface area (Å²) in [6.07, 6.45) is 6.75. The highest BCUT2D eigenvalue weighted by molar-refractivity contribution is 5.94. The Morgan fingerprint density at radius 2 is 2.22 bits per heavy atom. The number of hydrogen-bond donors (Lipinski definition) is 3. The molecule has 1 aliphatic carbocycles. The summed E-state index contributed by atoms with van der Waals surface area (Å²) in [7, 11) is 1.72. The zero-order valence-corrected chi connectivity index (χ0v) is 13.6. The SMILES string of the molecule is Cc1cc[nH]c1C(=O)N[C@@H]1CCCC[C@@H]1Cc1n[nH]c(=O)n1C. The third-order valence-corrected chi connectivity index (χ3v) is 4.83. The van der Waals surface area contributed by atoms with E-state index in [1.807, 2.05) is 13.0 Å². The van der Waals surface area contributed by atoms with Crippen molar-refractivity contribution in [3.05, 3.63) is 39.8 Å². The topological polar surface area (TPSA) is 95.6 Å². The maximum Gasteiger partial charge on any atom is 0.343 e. The summed E-state index contributed by atoms with van der Waals surface area (Å²) >= 11 is 0. The number of hydrogen-bond acceptors (Lipinski definition) is 3. The first-order valence-electron chi connectivity index (χ1n) is 8.11. The van der Waals surface area contributed by atoms with Gasteiger partial charge in [-0.15, -0.1) is 0 Å². The van der Waals surface area contributed by atoms with Gasteiger partial charge in [0, 0.05) is 25.7 Å². The number of H-pyrrole nitrogens is 2. The first-order chi connectivity index (χ1) is 11.1. The zero-order chi connectivity index (χ0) is 16.4. The molecule has 2 atom stereocenters. The Labute approximate surface area is 134 Å². The lowest BCUT2D eigenvalue weighted by Gasteiger charge is -2.32. The van der Waals surface area contributed by atoms with E-state index in [4.69, 9.17) is 0 Å². The van der Waals surface area contributed by atoms with Crippen molar-refractivity contribution in [1.29, 1.82) is 0 Å². The van der Waals surface area contributed by atoms with Crippen LogP contribution in [0.5, 0.6) is 0 Å². The van der Waals surface area contributed by atoms with Crippen LogP contribution in [-0.2, 0) is 13.5 Å². The van der Waals surface area contributed by atoms with E-state index in [-0.39, 0.29) is 17.6 Å². The van der Waals surface area contributed by atoms with Gasteiger partial charge in [-0.05, 0) is 37.3 Å². The number of amides is 1. The van der Waals surface area contributed by atoms with Crippen LogP contribution in [0.2, 0.25) is 0 Å². The molecule has 1 amide bonds. The van der Waals surface area contributed by atoms with Crippen molar-refractivity contribution in [2.75, 3.05) is 0 Å². The fraction of sp³-hybridized carbons (Fsp3) is 0.562. The lowest BCUT2D eigenvalue weighted by Crippen LogP contribution is -2.43. The van der Waals surface area contributed by atoms with Crippen LogP contribution >= 0.6 is 0 Å². The van der Waals surface area contributed by atoms with Gasteiger partial charge in [0.15, 0.2) is 0 Å². The Kier molecular flexibility index (Phi) is 4.36. The summed E-state index contributed by atoms with van der Waals surface area (Å²) < 4.78 is 1.54. The quantitative estimate of drug-likeness (QED) is 0.792. The van der Waals surface area contributed by atoms with E-state index in [1.54, 1.807) is 17.8 Å². The molecule has 0 aliphatic heterocycles. The highest BCUT2D eigenvalue weighted by Crippen LogP contribution is 2.27. The molecular weight excluding hydrogens is 294 g/mol. The third-order valence-electron chi connectivity index (χ3n) is 4.83. The Hall–Kier alpha value is -2.31. The predicted octanol–water partition coefficient (Wildman–Crippen LogP) is 1.28. The molecule has 1 saturated carbocycles. The first kappa shape index (κ1) is 15.6. The van der Waals surface area contributed by atoms with Gasteiger partial charge >= 0.3 is 5.69 Å². The van der Waals surface area contributed by atoms with E-state index in [0.717, 1.165) is 37.1 Å². The fourth-order valence-electron chi connectivity index (χ4n) is 3.37. The molecule has 0 bridgehead atoms. The number of aromatic nitrogens is 4. The largest absolute Gasteiger partial charge is 0.357 e. The number of nitrogens with zero attached hydrogens (tertiary/aromatic N) is 2. The Balaban J connectivity index is 1.71. The van der Waals surface area contributed by atoms with Crippen molar-refractivity contribution in [3.8, 4) is 0 Å². The van der Waals surface area contributed by atoms with E-state index in [0.29, 0.717) is 18.0 Å². The van der Waals surface area contributed by atoms with E-state index in [9.17, 15) is 9.59 Å². The van der Waals surface area contributed by atoms with Crippen LogP contribution in [0.15, 0.2) is 17.1 Å². The summed E-state index contributed by atoms with van der Waals surface area (Å²) in [5.41, 5.74) is 1.38. The average Bonchev–Trinajstić information content (AvgIpc) is 3.10. The summed E-state index contributed by atoms with van der Waals surface area (Å²) in [5.74, 6) is 0.995. The molecule has 0 radical (unpaired) electrons. The van der Waals surface area contributed by atoms with Crippen LogP contribution < -0.4 is 11.0 Å². The van der Waals surface area contributed by atoms with Gasteiger partial charge in [-0.25, -0.2) is 9.89 Å². The number of nitrogens with one attached hydrogen (secondary N) is 3. The van der Waals surface area contributed by atoms with Crippen molar-refractivity contribution in [2.24, 2.45) is 13.0 Å². The molecule has 23 heavy (non-hydrogen) atoms. The van der Waals surface area contributed by atoms with Crippen LogP contribution in [0.4, 0.5) is 0 Å². The van der Waals surface area contributed by atoms with Gasteiger partial charge in [0.25, 0.3) is 5.91 Å². The molecule has 3 N–H and O–H groups in total. The molecule has 124 valence electrons. The molecule has 7 heteroatoms. The lowest BCUT2D eigenvalue weighted by atomic mass is 9.82. The minimum absolute atomic E-state index is 0.0553. The molecule has 7 nitrogen and oxygen atoms in total. The lowest BCUT2D eigenvalue weighted by molar-refractivity contribution is 0.0900. The van der Waals surface area contributed by atoms with Gasteiger partial charge in [-0.1, -0.05) is 12.8 Å². The molecule has 1 aliphatic rings. The van der Waals surface area contributed by atoms with Gasteiger partial charge in [-0.2, -0.15) is 5.10 Å². The number of rotatable bonds is 4. The van der Waals surface area contributed by atoms with Crippen molar-refractivity contribution < 1.29 is 4.79 Å². The van der Waals surface area contributed by atoms with Crippen LogP contribution in [0.3, 0.4) is 0 Å². The number of carbonyl (C=O) groups is 1. The summed E-state index contributed by atoms with van der Waals surface area (Å²) in [5, 5.41) is 9.73. The fourth-order valence-corrected chi connectivity index (χ4v) is 3.37. The Bertz CT molecular complexity index is 742. The number of carbonyl (C=O) groups excluding carboxylic acids is 1.